The number of thiophene rings is 2. The summed E-state index contributed by atoms with van der Waals surface area (Å²) in [4.78, 5) is 5.27. The molecular formula is C21H13F2NS3. The number of nitrogens with zero attached hydrogens (tertiary/aromatic N) is 1. The fourth-order valence-corrected chi connectivity index (χ4v) is 4.51. The molecule has 0 fully saturated rings. The largest absolute Gasteiger partial charge is 0.204 e. The lowest BCUT2D eigenvalue weighted by Crippen LogP contribution is -1.86. The molecule has 2 aromatic heterocycles. The van der Waals surface area contributed by atoms with E-state index in [1.54, 1.807) is 11.3 Å². The molecule has 134 valence electrons. The van der Waals surface area contributed by atoms with Crippen molar-refractivity contribution in [3.63, 3.8) is 0 Å². The van der Waals surface area contributed by atoms with Crippen molar-refractivity contribution in [2.24, 2.45) is 4.99 Å². The van der Waals surface area contributed by atoms with E-state index >= 15 is 0 Å². The van der Waals surface area contributed by atoms with Gasteiger partial charge in [0, 0.05) is 21.4 Å². The molecule has 3 rings (SSSR count). The minimum Gasteiger partial charge on any atom is -0.204 e. The Kier molecular flexibility index (Phi) is 6.50. The fourth-order valence-electron chi connectivity index (χ4n) is 2.30. The molecule has 0 bridgehead atoms. The van der Waals surface area contributed by atoms with Gasteiger partial charge in [-0.3, -0.25) is 0 Å². The molecular weight excluding hydrogens is 400 g/mol. The molecule has 0 amide bonds. The Balaban J connectivity index is 1.81. The fraction of sp³-hybridized carbons (Fsp3) is 0.190. The van der Waals surface area contributed by atoms with Crippen molar-refractivity contribution in [1.29, 1.82) is 0 Å². The Labute approximate surface area is 169 Å². The van der Waals surface area contributed by atoms with Crippen LogP contribution in [0.15, 0.2) is 29.3 Å². The summed E-state index contributed by atoms with van der Waals surface area (Å²) < 4.78 is 29.9. The number of fused-ring (bicyclic) bond motifs is 1. The summed E-state index contributed by atoms with van der Waals surface area (Å²) in [6.45, 7) is 2.15. The average Bonchev–Trinajstić information content (AvgIpc) is 3.18. The number of isothiocyanates is 1. The number of rotatable bonds is 3. The predicted molar refractivity (Wildman–Crippen MR) is 113 cm³/mol. The van der Waals surface area contributed by atoms with Crippen LogP contribution in [0.5, 0.6) is 0 Å². The molecule has 0 radical (unpaired) electrons. The Morgan fingerprint density at radius 1 is 0.963 bits per heavy atom. The molecule has 0 aliphatic heterocycles. The topological polar surface area (TPSA) is 12.4 Å². The Morgan fingerprint density at radius 3 is 2.19 bits per heavy atom. The highest BCUT2D eigenvalue weighted by Crippen LogP contribution is 2.32. The molecule has 0 spiro atoms. The number of aliphatic imine (C=N–C) groups is 1. The molecule has 0 aliphatic carbocycles. The number of hydrogen-bond acceptors (Lipinski definition) is 4. The Morgan fingerprint density at radius 2 is 1.59 bits per heavy atom. The first-order chi connectivity index (χ1) is 13.1. The molecule has 0 saturated heterocycles. The van der Waals surface area contributed by atoms with E-state index in [0.29, 0.717) is 0 Å². The van der Waals surface area contributed by atoms with Crippen LogP contribution in [0.25, 0.3) is 9.40 Å². The monoisotopic (exact) mass is 413 g/mol. The summed E-state index contributed by atoms with van der Waals surface area (Å²) in [7, 11) is 0. The number of benzene rings is 1. The van der Waals surface area contributed by atoms with Gasteiger partial charge in [-0.2, -0.15) is 4.99 Å². The lowest BCUT2D eigenvalue weighted by atomic mass is 10.2. The van der Waals surface area contributed by atoms with E-state index in [4.69, 9.17) is 0 Å². The number of hydrogen-bond donors (Lipinski definition) is 0. The molecule has 27 heavy (non-hydrogen) atoms. The zero-order valence-electron chi connectivity index (χ0n) is 14.4. The van der Waals surface area contributed by atoms with Crippen molar-refractivity contribution >= 4 is 55.1 Å². The van der Waals surface area contributed by atoms with Crippen LogP contribution in [-0.2, 0) is 0 Å². The van der Waals surface area contributed by atoms with E-state index in [2.05, 4.69) is 53.9 Å². The standard InChI is InChI=1S/C21H13F2NS3/c1-2-3-4-5-6-15-11-19-20(26-15)12-16(27-19)8-7-14-9-17(22)21(24-13-25)18(23)10-14/h9-12H,2-4H2,1H3. The highest BCUT2D eigenvalue weighted by atomic mass is 32.1. The highest BCUT2D eigenvalue weighted by Gasteiger charge is 2.09. The molecule has 1 nitrogen and oxygen atoms in total. The molecule has 6 heteroatoms. The van der Waals surface area contributed by atoms with Gasteiger partial charge in [-0.15, -0.1) is 22.7 Å². The van der Waals surface area contributed by atoms with Gasteiger partial charge < -0.3 is 0 Å². The van der Waals surface area contributed by atoms with Crippen LogP contribution in [-0.4, -0.2) is 5.16 Å². The van der Waals surface area contributed by atoms with Gasteiger partial charge in [0.25, 0.3) is 0 Å². The second-order valence-electron chi connectivity index (χ2n) is 5.60. The van der Waals surface area contributed by atoms with Crippen LogP contribution in [0.4, 0.5) is 14.5 Å². The molecule has 0 N–H and O–H groups in total. The smallest absolute Gasteiger partial charge is 0.153 e. The van der Waals surface area contributed by atoms with E-state index in [-0.39, 0.29) is 5.56 Å². The number of halogens is 2. The summed E-state index contributed by atoms with van der Waals surface area (Å²) in [5.41, 5.74) is -0.202. The van der Waals surface area contributed by atoms with Crippen LogP contribution >= 0.6 is 34.9 Å². The van der Waals surface area contributed by atoms with Crippen LogP contribution in [0, 0.1) is 35.3 Å². The molecule has 0 atom stereocenters. The molecule has 1 aromatic carbocycles. The second-order valence-corrected chi connectivity index (χ2v) is 7.95. The average molecular weight is 414 g/mol. The maximum absolute atomic E-state index is 13.8. The minimum absolute atomic E-state index is 0.243. The lowest BCUT2D eigenvalue weighted by molar-refractivity contribution is 0.587. The number of thiocarbonyl (C=S) groups is 1. The van der Waals surface area contributed by atoms with Gasteiger partial charge in [-0.1, -0.05) is 37.0 Å². The van der Waals surface area contributed by atoms with Crippen molar-refractivity contribution < 1.29 is 8.78 Å². The third kappa shape index (κ3) is 4.89. The zero-order chi connectivity index (χ0) is 19.2. The quantitative estimate of drug-likeness (QED) is 0.197. The van der Waals surface area contributed by atoms with E-state index in [1.807, 2.05) is 11.2 Å². The molecule has 0 unspecified atom stereocenters. The molecule has 2 heterocycles. The summed E-state index contributed by atoms with van der Waals surface area (Å²) in [5.74, 6) is 10.5. The van der Waals surface area contributed by atoms with E-state index < -0.39 is 17.3 Å². The molecule has 0 aliphatic rings. The SMILES string of the molecule is CCCCC#Cc1cc2sc(C#Cc3cc(F)c(N=C=S)c(F)c3)cc2s1. The van der Waals surface area contributed by atoms with Crippen LogP contribution < -0.4 is 0 Å². The maximum Gasteiger partial charge on any atom is 0.153 e. The van der Waals surface area contributed by atoms with Crippen molar-refractivity contribution in [1.82, 2.24) is 0 Å². The van der Waals surface area contributed by atoms with E-state index in [1.165, 1.54) is 11.3 Å². The second kappa shape index (κ2) is 9.04. The van der Waals surface area contributed by atoms with Gasteiger partial charge in [0.2, 0.25) is 0 Å². The third-order valence-electron chi connectivity index (χ3n) is 3.58. The first-order valence-electron chi connectivity index (χ1n) is 8.22. The van der Waals surface area contributed by atoms with Crippen molar-refractivity contribution in [2.75, 3.05) is 0 Å². The van der Waals surface area contributed by atoms with Gasteiger partial charge >= 0.3 is 0 Å². The molecule has 0 saturated carbocycles. The van der Waals surface area contributed by atoms with E-state index in [9.17, 15) is 8.78 Å². The van der Waals surface area contributed by atoms with Gasteiger partial charge in [-0.25, -0.2) is 8.78 Å². The van der Waals surface area contributed by atoms with Crippen molar-refractivity contribution in [3.05, 3.63) is 51.2 Å². The van der Waals surface area contributed by atoms with Gasteiger partial charge in [0.1, 0.15) is 5.69 Å². The number of unbranched alkanes of at least 4 members (excludes halogenated alkanes) is 2. The summed E-state index contributed by atoms with van der Waals surface area (Å²) in [6, 6.07) is 6.32. The first-order valence-corrected chi connectivity index (χ1v) is 10.3. The summed E-state index contributed by atoms with van der Waals surface area (Å²) in [6.07, 6.45) is 3.18. The normalized spacial score (nSPS) is 9.89. The maximum atomic E-state index is 13.8. The molecule has 3 aromatic rings. The minimum atomic E-state index is -0.810. The Hall–Kier alpha value is -2.34. The van der Waals surface area contributed by atoms with Gasteiger partial charge in [0.05, 0.1) is 14.9 Å². The van der Waals surface area contributed by atoms with Gasteiger partial charge in [0.15, 0.2) is 11.6 Å². The first kappa shape index (κ1) is 19.4. The third-order valence-corrected chi connectivity index (χ3v) is 5.79. The van der Waals surface area contributed by atoms with Crippen LogP contribution in [0.3, 0.4) is 0 Å². The van der Waals surface area contributed by atoms with Gasteiger partial charge in [-0.05, 0) is 42.9 Å². The van der Waals surface area contributed by atoms with Crippen molar-refractivity contribution in [3.8, 4) is 23.7 Å². The summed E-state index contributed by atoms with van der Waals surface area (Å²) in [5, 5.41) is 1.96. The summed E-state index contributed by atoms with van der Waals surface area (Å²) >= 11 is 7.55. The van der Waals surface area contributed by atoms with E-state index in [0.717, 1.165) is 50.5 Å². The van der Waals surface area contributed by atoms with Crippen LogP contribution in [0.2, 0.25) is 0 Å². The highest BCUT2D eigenvalue weighted by molar-refractivity contribution is 7.78. The predicted octanol–water partition coefficient (Wildman–Crippen LogP) is 6.92. The Bertz CT molecular complexity index is 1100. The van der Waals surface area contributed by atoms with Crippen molar-refractivity contribution in [2.45, 2.75) is 26.2 Å². The lowest BCUT2D eigenvalue weighted by Gasteiger charge is -1.98. The zero-order valence-corrected chi connectivity index (χ0v) is 16.8. The van der Waals surface area contributed by atoms with Crippen LogP contribution in [0.1, 0.15) is 41.5 Å².